The second-order valence-electron chi connectivity index (χ2n) is 7.30. The summed E-state index contributed by atoms with van der Waals surface area (Å²) in [6.45, 7) is 1.85. The Labute approximate surface area is 178 Å². The lowest BCUT2D eigenvalue weighted by Crippen LogP contribution is -2.53. The fourth-order valence-electron chi connectivity index (χ4n) is 3.56. The van der Waals surface area contributed by atoms with Gasteiger partial charge in [-0.3, -0.25) is 4.79 Å². The SMILES string of the molecule is O=C1CCC=NN1C(=O)N1CCN(Oc2cccc(-c3nc4ccccc4[nH]3)n2)CC1. The van der Waals surface area contributed by atoms with Crippen molar-refractivity contribution in [2.75, 3.05) is 26.2 Å². The summed E-state index contributed by atoms with van der Waals surface area (Å²) in [6, 6.07) is 12.9. The van der Waals surface area contributed by atoms with E-state index in [-0.39, 0.29) is 11.9 Å². The average Bonchev–Trinajstić information content (AvgIpc) is 3.24. The molecule has 0 atom stereocenters. The number of H-pyrrole nitrogens is 1. The van der Waals surface area contributed by atoms with Crippen LogP contribution in [0.1, 0.15) is 12.8 Å². The molecule has 4 heterocycles. The zero-order valence-corrected chi connectivity index (χ0v) is 16.8. The van der Waals surface area contributed by atoms with Gasteiger partial charge < -0.3 is 14.7 Å². The van der Waals surface area contributed by atoms with E-state index in [1.165, 1.54) is 0 Å². The highest BCUT2D eigenvalue weighted by molar-refractivity contribution is 5.97. The van der Waals surface area contributed by atoms with Gasteiger partial charge in [0.2, 0.25) is 5.88 Å². The third kappa shape index (κ3) is 3.97. The molecule has 0 saturated carbocycles. The largest absolute Gasteiger partial charge is 0.386 e. The number of rotatable bonds is 3. The number of carbonyl (C=O) groups is 2. The van der Waals surface area contributed by atoms with Crippen molar-refractivity contribution in [2.24, 2.45) is 5.10 Å². The molecule has 1 saturated heterocycles. The van der Waals surface area contributed by atoms with Gasteiger partial charge in [0.25, 0.3) is 5.91 Å². The van der Waals surface area contributed by atoms with Gasteiger partial charge in [0, 0.05) is 31.8 Å². The molecule has 1 N–H and O–H groups in total. The molecule has 3 amide bonds. The topological polar surface area (TPSA) is 107 Å². The van der Waals surface area contributed by atoms with Crippen LogP contribution in [-0.4, -0.2) is 74.3 Å². The number of aromatic nitrogens is 3. The van der Waals surface area contributed by atoms with Crippen LogP contribution in [0.5, 0.6) is 5.88 Å². The Morgan fingerprint density at radius 3 is 2.65 bits per heavy atom. The van der Waals surface area contributed by atoms with Crippen molar-refractivity contribution in [1.82, 2.24) is 29.9 Å². The summed E-state index contributed by atoms with van der Waals surface area (Å²) in [5, 5.41) is 6.65. The average molecular weight is 419 g/mol. The fourth-order valence-corrected chi connectivity index (χ4v) is 3.56. The molecule has 5 rings (SSSR count). The standard InChI is InChI=1S/C21H21N7O3/c29-19-9-4-10-22-28(19)21(30)26-11-13-27(14-12-26)31-18-8-3-7-17(23-18)20-24-15-5-1-2-6-16(15)25-20/h1-3,5-8,10H,4,9,11-14H2,(H,24,25). The van der Waals surface area contributed by atoms with Crippen LogP contribution in [0.25, 0.3) is 22.6 Å². The molecule has 2 aliphatic rings. The van der Waals surface area contributed by atoms with Crippen LogP contribution in [0.2, 0.25) is 0 Å². The quantitative estimate of drug-likeness (QED) is 0.698. The predicted octanol–water partition coefficient (Wildman–Crippen LogP) is 2.26. The minimum Gasteiger partial charge on any atom is -0.386 e. The maximum Gasteiger partial charge on any atom is 0.347 e. The first-order valence-electron chi connectivity index (χ1n) is 10.2. The second-order valence-corrected chi connectivity index (χ2v) is 7.30. The molecule has 10 nitrogen and oxygen atoms in total. The number of pyridine rings is 1. The Hall–Kier alpha value is -3.79. The number of piperazine rings is 1. The smallest absolute Gasteiger partial charge is 0.347 e. The summed E-state index contributed by atoms with van der Waals surface area (Å²) in [5.74, 6) is 0.861. The van der Waals surface area contributed by atoms with Crippen molar-refractivity contribution in [1.29, 1.82) is 0 Å². The maximum atomic E-state index is 12.5. The van der Waals surface area contributed by atoms with Crippen molar-refractivity contribution in [3.05, 3.63) is 42.5 Å². The number of hydrazone groups is 1. The van der Waals surface area contributed by atoms with Crippen LogP contribution in [0.3, 0.4) is 0 Å². The molecule has 0 aliphatic carbocycles. The number of fused-ring (bicyclic) bond motifs is 1. The summed E-state index contributed by atoms with van der Waals surface area (Å²) >= 11 is 0. The van der Waals surface area contributed by atoms with Gasteiger partial charge in [-0.05, 0) is 24.6 Å². The number of imide groups is 1. The lowest BCUT2D eigenvalue weighted by Gasteiger charge is -2.35. The van der Waals surface area contributed by atoms with Gasteiger partial charge in [0.1, 0.15) is 5.69 Å². The summed E-state index contributed by atoms with van der Waals surface area (Å²) in [5.41, 5.74) is 2.51. The normalized spacial score (nSPS) is 17.4. The number of aromatic amines is 1. The highest BCUT2D eigenvalue weighted by Gasteiger charge is 2.30. The number of hydroxylamine groups is 2. The van der Waals surface area contributed by atoms with Gasteiger partial charge in [0.15, 0.2) is 5.82 Å². The van der Waals surface area contributed by atoms with E-state index >= 15 is 0 Å². The van der Waals surface area contributed by atoms with E-state index < -0.39 is 0 Å². The molecule has 0 bridgehead atoms. The highest BCUT2D eigenvalue weighted by atomic mass is 16.7. The van der Waals surface area contributed by atoms with Crippen molar-refractivity contribution < 1.29 is 14.4 Å². The van der Waals surface area contributed by atoms with Gasteiger partial charge in [-0.2, -0.15) is 5.10 Å². The number of carbonyl (C=O) groups excluding carboxylic acids is 2. The van der Waals surface area contributed by atoms with Gasteiger partial charge in [-0.15, -0.1) is 10.1 Å². The Kier molecular flexibility index (Phi) is 5.04. The number of amides is 3. The monoisotopic (exact) mass is 419 g/mol. The molecule has 10 heteroatoms. The minimum absolute atomic E-state index is 0.266. The van der Waals surface area contributed by atoms with Crippen molar-refractivity contribution in [2.45, 2.75) is 12.8 Å². The van der Waals surface area contributed by atoms with Gasteiger partial charge in [-0.1, -0.05) is 18.2 Å². The third-order valence-electron chi connectivity index (χ3n) is 5.19. The van der Waals surface area contributed by atoms with Crippen molar-refractivity contribution in [3.8, 4) is 17.4 Å². The number of nitrogens with zero attached hydrogens (tertiary/aromatic N) is 6. The number of para-hydroxylation sites is 2. The zero-order chi connectivity index (χ0) is 21.2. The zero-order valence-electron chi connectivity index (χ0n) is 16.8. The summed E-state index contributed by atoms with van der Waals surface area (Å²) in [7, 11) is 0. The molecule has 1 fully saturated rings. The van der Waals surface area contributed by atoms with E-state index in [1.807, 2.05) is 36.4 Å². The Morgan fingerprint density at radius 1 is 1.00 bits per heavy atom. The van der Waals surface area contributed by atoms with E-state index in [2.05, 4.69) is 20.1 Å². The number of hydrogen-bond donors (Lipinski definition) is 1. The number of nitrogens with one attached hydrogen (secondary N) is 1. The number of imidazole rings is 1. The van der Waals surface area contributed by atoms with Crippen LogP contribution >= 0.6 is 0 Å². The van der Waals surface area contributed by atoms with Crippen LogP contribution < -0.4 is 4.84 Å². The van der Waals surface area contributed by atoms with Crippen LogP contribution in [0, 0.1) is 0 Å². The van der Waals surface area contributed by atoms with Gasteiger partial charge in [0.05, 0.1) is 24.1 Å². The molecule has 31 heavy (non-hydrogen) atoms. The first-order valence-corrected chi connectivity index (χ1v) is 10.2. The van der Waals surface area contributed by atoms with Crippen molar-refractivity contribution in [3.63, 3.8) is 0 Å². The molecule has 2 aliphatic heterocycles. The van der Waals surface area contributed by atoms with Crippen LogP contribution in [0.15, 0.2) is 47.6 Å². The third-order valence-corrected chi connectivity index (χ3v) is 5.19. The maximum absolute atomic E-state index is 12.5. The molecule has 2 aromatic heterocycles. The molecule has 3 aromatic rings. The number of hydrogen-bond acceptors (Lipinski definition) is 7. The number of urea groups is 1. The molecular formula is C21H21N7O3. The minimum atomic E-state index is -0.384. The summed E-state index contributed by atoms with van der Waals surface area (Å²) < 4.78 is 0. The Morgan fingerprint density at radius 2 is 1.84 bits per heavy atom. The highest BCUT2D eigenvalue weighted by Crippen LogP contribution is 2.21. The lowest BCUT2D eigenvalue weighted by molar-refractivity contribution is -0.129. The van der Waals surface area contributed by atoms with Gasteiger partial charge >= 0.3 is 6.03 Å². The van der Waals surface area contributed by atoms with Crippen molar-refractivity contribution >= 4 is 29.2 Å². The number of benzene rings is 1. The molecule has 1 aromatic carbocycles. The van der Waals surface area contributed by atoms with Crippen LogP contribution in [0.4, 0.5) is 4.79 Å². The van der Waals surface area contributed by atoms with Crippen LogP contribution in [-0.2, 0) is 4.79 Å². The lowest BCUT2D eigenvalue weighted by atomic mass is 10.3. The van der Waals surface area contributed by atoms with E-state index in [9.17, 15) is 9.59 Å². The first-order chi connectivity index (χ1) is 15.2. The summed E-state index contributed by atoms with van der Waals surface area (Å²) in [4.78, 5) is 44.4. The Balaban J connectivity index is 1.22. The molecule has 0 unspecified atom stereocenters. The van der Waals surface area contributed by atoms with E-state index in [0.717, 1.165) is 16.0 Å². The molecule has 0 spiro atoms. The van der Waals surface area contributed by atoms with Gasteiger partial charge in [-0.25, -0.2) is 14.8 Å². The molecule has 158 valence electrons. The first kappa shape index (κ1) is 19.2. The second kappa shape index (κ2) is 8.15. The fraction of sp³-hybridized carbons (Fsp3) is 0.286. The molecule has 0 radical (unpaired) electrons. The predicted molar refractivity (Wildman–Crippen MR) is 113 cm³/mol. The molecular weight excluding hydrogens is 398 g/mol. The van der Waals surface area contributed by atoms with E-state index in [0.29, 0.717) is 56.4 Å². The Bertz CT molecular complexity index is 1120. The summed E-state index contributed by atoms with van der Waals surface area (Å²) in [6.07, 6.45) is 2.48. The van der Waals surface area contributed by atoms with E-state index in [4.69, 9.17) is 4.84 Å². The van der Waals surface area contributed by atoms with E-state index in [1.54, 1.807) is 22.2 Å².